The van der Waals surface area contributed by atoms with Gasteiger partial charge in [-0.05, 0) is 16.7 Å². The standard InChI is InChI=1S/C23H23NOS/c26-24-16-17-25-22(18-24)23(19-10-4-1-5-11-19,20-12-6-2-7-13-20)21-14-8-3-9-15-21/h1-15,22,26H,16-18H2. The molecule has 3 heteroatoms. The van der Waals surface area contributed by atoms with E-state index in [2.05, 4.69) is 108 Å². The van der Waals surface area contributed by atoms with E-state index >= 15 is 0 Å². The summed E-state index contributed by atoms with van der Waals surface area (Å²) < 4.78 is 8.45. The number of benzene rings is 3. The van der Waals surface area contributed by atoms with Crippen LogP contribution in [0.25, 0.3) is 0 Å². The normalized spacial score (nSPS) is 18.6. The van der Waals surface area contributed by atoms with Crippen LogP contribution in [0, 0.1) is 0 Å². The Morgan fingerprint density at radius 3 is 1.54 bits per heavy atom. The van der Waals surface area contributed by atoms with Gasteiger partial charge in [-0.2, -0.15) is 0 Å². The third-order valence-electron chi connectivity index (χ3n) is 5.22. The zero-order valence-electron chi connectivity index (χ0n) is 14.7. The van der Waals surface area contributed by atoms with Gasteiger partial charge in [-0.1, -0.05) is 104 Å². The Balaban J connectivity index is 2.00. The Hall–Kier alpha value is -2.07. The summed E-state index contributed by atoms with van der Waals surface area (Å²) in [5.41, 5.74) is 3.34. The van der Waals surface area contributed by atoms with Crippen LogP contribution < -0.4 is 0 Å². The van der Waals surface area contributed by atoms with Gasteiger partial charge < -0.3 is 4.74 Å². The van der Waals surface area contributed by atoms with Crippen LogP contribution in [0.3, 0.4) is 0 Å². The summed E-state index contributed by atoms with van der Waals surface area (Å²) in [7, 11) is 0. The lowest BCUT2D eigenvalue weighted by Crippen LogP contribution is -2.52. The maximum Gasteiger partial charge on any atom is 0.0889 e. The minimum Gasteiger partial charge on any atom is -0.374 e. The third kappa shape index (κ3) is 3.07. The van der Waals surface area contributed by atoms with Crippen LogP contribution in [0.1, 0.15) is 16.7 Å². The van der Waals surface area contributed by atoms with Crippen LogP contribution in [-0.2, 0) is 10.2 Å². The van der Waals surface area contributed by atoms with E-state index in [9.17, 15) is 0 Å². The summed E-state index contributed by atoms with van der Waals surface area (Å²) in [5, 5.41) is 0. The zero-order valence-corrected chi connectivity index (χ0v) is 15.6. The van der Waals surface area contributed by atoms with Gasteiger partial charge in [-0.3, -0.25) is 0 Å². The van der Waals surface area contributed by atoms with Gasteiger partial charge in [0.2, 0.25) is 0 Å². The highest BCUT2D eigenvalue weighted by Crippen LogP contribution is 2.44. The molecule has 1 fully saturated rings. The van der Waals surface area contributed by atoms with E-state index < -0.39 is 0 Å². The van der Waals surface area contributed by atoms with Crippen molar-refractivity contribution in [3.63, 3.8) is 0 Å². The molecule has 1 heterocycles. The molecule has 26 heavy (non-hydrogen) atoms. The molecule has 0 saturated carbocycles. The fraction of sp³-hybridized carbons (Fsp3) is 0.217. The number of nitrogens with zero attached hydrogens (tertiary/aromatic N) is 1. The van der Waals surface area contributed by atoms with Gasteiger partial charge in [-0.25, -0.2) is 4.31 Å². The van der Waals surface area contributed by atoms with Crippen molar-refractivity contribution in [2.24, 2.45) is 0 Å². The maximum atomic E-state index is 6.39. The van der Waals surface area contributed by atoms with E-state index in [4.69, 9.17) is 4.74 Å². The predicted octanol–water partition coefficient (Wildman–Crippen LogP) is 4.57. The molecule has 3 aromatic carbocycles. The molecule has 0 N–H and O–H groups in total. The molecule has 1 atom stereocenters. The van der Waals surface area contributed by atoms with Crippen LogP contribution in [0.4, 0.5) is 0 Å². The highest BCUT2D eigenvalue weighted by atomic mass is 32.1. The first kappa shape index (κ1) is 17.3. The highest BCUT2D eigenvalue weighted by Gasteiger charge is 2.46. The average Bonchev–Trinajstić information content (AvgIpc) is 2.71. The molecule has 0 bridgehead atoms. The fourth-order valence-corrected chi connectivity index (χ4v) is 4.29. The lowest BCUT2D eigenvalue weighted by atomic mass is 9.65. The predicted molar refractivity (Wildman–Crippen MR) is 110 cm³/mol. The number of thiol groups is 1. The van der Waals surface area contributed by atoms with Crippen LogP contribution in [0.5, 0.6) is 0 Å². The smallest absolute Gasteiger partial charge is 0.0889 e. The summed E-state index contributed by atoms with van der Waals surface area (Å²) >= 11 is 4.64. The zero-order chi connectivity index (χ0) is 17.8. The summed E-state index contributed by atoms with van der Waals surface area (Å²) in [5.74, 6) is 0. The quantitative estimate of drug-likeness (QED) is 0.540. The lowest BCUT2D eigenvalue weighted by molar-refractivity contribution is -0.0250. The Kier molecular flexibility index (Phi) is 5.11. The Morgan fingerprint density at radius 1 is 0.731 bits per heavy atom. The van der Waals surface area contributed by atoms with Crippen molar-refractivity contribution < 1.29 is 4.74 Å². The second-order valence-corrected chi connectivity index (χ2v) is 7.24. The van der Waals surface area contributed by atoms with Crippen LogP contribution in [0.2, 0.25) is 0 Å². The SMILES string of the molecule is SN1CCOC(C(c2ccccc2)(c2ccccc2)c2ccccc2)C1. The third-order valence-corrected chi connectivity index (χ3v) is 5.58. The Morgan fingerprint density at radius 2 is 1.15 bits per heavy atom. The van der Waals surface area contributed by atoms with Crippen molar-refractivity contribution >= 4 is 12.8 Å². The monoisotopic (exact) mass is 361 g/mol. The van der Waals surface area contributed by atoms with Crippen LogP contribution in [-0.4, -0.2) is 30.1 Å². The first-order valence-electron chi connectivity index (χ1n) is 9.04. The van der Waals surface area contributed by atoms with Gasteiger partial charge in [0, 0.05) is 13.1 Å². The van der Waals surface area contributed by atoms with Gasteiger partial charge >= 0.3 is 0 Å². The molecule has 1 aliphatic heterocycles. The minimum absolute atomic E-state index is 0.0269. The first-order valence-corrected chi connectivity index (χ1v) is 9.44. The van der Waals surface area contributed by atoms with Crippen molar-refractivity contribution in [3.8, 4) is 0 Å². The van der Waals surface area contributed by atoms with E-state index in [0.29, 0.717) is 6.61 Å². The summed E-state index contributed by atoms with van der Waals surface area (Å²) in [6, 6.07) is 32.1. The van der Waals surface area contributed by atoms with Gasteiger partial charge in [0.1, 0.15) is 0 Å². The minimum atomic E-state index is -0.384. The number of hydrogen-bond acceptors (Lipinski definition) is 3. The number of morpholine rings is 1. The molecule has 1 aliphatic rings. The lowest BCUT2D eigenvalue weighted by Gasteiger charge is -2.45. The van der Waals surface area contributed by atoms with Gasteiger partial charge in [0.15, 0.2) is 0 Å². The topological polar surface area (TPSA) is 12.5 Å². The van der Waals surface area contributed by atoms with Crippen molar-refractivity contribution in [3.05, 3.63) is 108 Å². The number of hydrogen-bond donors (Lipinski definition) is 1. The van der Waals surface area contributed by atoms with Crippen molar-refractivity contribution in [1.29, 1.82) is 0 Å². The Bertz CT molecular complexity index is 726. The molecule has 2 nitrogen and oxygen atoms in total. The second-order valence-electron chi connectivity index (χ2n) is 6.68. The summed E-state index contributed by atoms with van der Waals surface area (Å²) in [6.45, 7) is 2.29. The van der Waals surface area contributed by atoms with Crippen LogP contribution >= 0.6 is 12.8 Å². The molecule has 3 aromatic rings. The van der Waals surface area contributed by atoms with Gasteiger partial charge in [0.05, 0.1) is 18.1 Å². The Labute approximate surface area is 161 Å². The maximum absolute atomic E-state index is 6.39. The van der Waals surface area contributed by atoms with Gasteiger partial charge in [0.25, 0.3) is 0 Å². The molecule has 1 unspecified atom stereocenters. The van der Waals surface area contributed by atoms with Gasteiger partial charge in [-0.15, -0.1) is 0 Å². The van der Waals surface area contributed by atoms with E-state index in [1.807, 2.05) is 0 Å². The molecular weight excluding hydrogens is 338 g/mol. The molecule has 0 spiro atoms. The van der Waals surface area contributed by atoms with E-state index in [1.165, 1.54) is 16.7 Å². The van der Waals surface area contributed by atoms with Crippen LogP contribution in [0.15, 0.2) is 91.0 Å². The van der Waals surface area contributed by atoms with E-state index in [-0.39, 0.29) is 11.5 Å². The molecule has 1 saturated heterocycles. The molecular formula is C23H23NOS. The average molecular weight is 362 g/mol. The fourth-order valence-electron chi connectivity index (χ4n) is 4.06. The molecule has 0 radical (unpaired) electrons. The number of ether oxygens (including phenoxy) is 1. The van der Waals surface area contributed by atoms with E-state index in [1.54, 1.807) is 0 Å². The van der Waals surface area contributed by atoms with Crippen molar-refractivity contribution in [2.45, 2.75) is 11.5 Å². The first-order chi connectivity index (χ1) is 12.8. The number of rotatable bonds is 4. The summed E-state index contributed by atoms with van der Waals surface area (Å²) in [6.07, 6.45) is -0.0269. The summed E-state index contributed by atoms with van der Waals surface area (Å²) in [4.78, 5) is 0. The van der Waals surface area contributed by atoms with Crippen molar-refractivity contribution in [1.82, 2.24) is 4.31 Å². The molecule has 4 rings (SSSR count). The molecule has 0 aromatic heterocycles. The molecule has 0 amide bonds. The van der Waals surface area contributed by atoms with E-state index in [0.717, 1.165) is 13.1 Å². The van der Waals surface area contributed by atoms with Crippen molar-refractivity contribution in [2.75, 3.05) is 19.7 Å². The highest BCUT2D eigenvalue weighted by molar-refractivity contribution is 7.77. The second kappa shape index (κ2) is 7.67. The largest absolute Gasteiger partial charge is 0.374 e. The molecule has 132 valence electrons. The molecule has 0 aliphatic carbocycles.